The molecule has 0 aromatic carbocycles. The largest absolute Gasteiger partial charge is 0.376 e. The molecule has 1 aliphatic carbocycles. The number of ether oxygens (including phenoxy) is 1. The van der Waals surface area contributed by atoms with Crippen LogP contribution in [0.1, 0.15) is 42.2 Å². The van der Waals surface area contributed by atoms with Crippen LogP contribution in [0.15, 0.2) is 16.7 Å². The van der Waals surface area contributed by atoms with E-state index < -0.39 is 0 Å². The highest BCUT2D eigenvalue weighted by Crippen LogP contribution is 2.37. The Labute approximate surface area is 115 Å². The third kappa shape index (κ3) is 2.62. The minimum atomic E-state index is 0.00287. The van der Waals surface area contributed by atoms with Crippen LogP contribution in [0.4, 0.5) is 0 Å². The first kappa shape index (κ1) is 12.2. The van der Waals surface area contributed by atoms with Crippen LogP contribution in [0.3, 0.4) is 0 Å². The Balaban J connectivity index is 1.64. The average Bonchev–Trinajstić information content (AvgIpc) is 2.92. The van der Waals surface area contributed by atoms with Gasteiger partial charge >= 0.3 is 0 Å². The molecule has 1 aromatic rings. The molecule has 2 aliphatic rings. The number of carbonyl (C=O) groups excluding carboxylic acids is 1. The second kappa shape index (κ2) is 5.05. The molecule has 1 unspecified atom stereocenters. The third-order valence-corrected chi connectivity index (χ3v) is 3.94. The van der Waals surface area contributed by atoms with Crippen molar-refractivity contribution in [2.24, 2.45) is 0 Å². The normalized spacial score (nSPS) is 23.3. The fraction of sp³-hybridized carbons (Fsp3) is 0.615. The molecule has 1 amide bonds. The highest BCUT2D eigenvalue weighted by atomic mass is 79.9. The van der Waals surface area contributed by atoms with E-state index in [0.717, 1.165) is 29.6 Å². The smallest absolute Gasteiger partial charge is 0.268 e. The third-order valence-electron chi connectivity index (χ3n) is 3.50. The zero-order valence-corrected chi connectivity index (χ0v) is 11.8. The fourth-order valence-electron chi connectivity index (χ4n) is 2.38. The standard InChI is InChI=1S/C13H17BrN2O2/c14-9-6-12(16(8-9)10-3-4-10)13(17)15-7-11-2-1-5-18-11/h6,8,10-11H,1-5,7H2,(H,15,17). The predicted octanol–water partition coefficient (Wildman–Crippen LogP) is 2.49. The molecular formula is C13H17BrN2O2. The maximum absolute atomic E-state index is 12.2. The van der Waals surface area contributed by atoms with Gasteiger partial charge in [0.1, 0.15) is 5.69 Å². The lowest BCUT2D eigenvalue weighted by Crippen LogP contribution is -2.32. The molecule has 2 heterocycles. The number of hydrogen-bond acceptors (Lipinski definition) is 2. The van der Waals surface area contributed by atoms with E-state index in [9.17, 15) is 4.79 Å². The summed E-state index contributed by atoms with van der Waals surface area (Å²) in [6.07, 6.45) is 6.69. The average molecular weight is 313 g/mol. The molecule has 98 valence electrons. The molecule has 0 spiro atoms. The summed E-state index contributed by atoms with van der Waals surface area (Å²) in [5.74, 6) is 0.00287. The van der Waals surface area contributed by atoms with Gasteiger partial charge in [-0.2, -0.15) is 0 Å². The first-order valence-corrected chi connectivity index (χ1v) is 7.30. The van der Waals surface area contributed by atoms with Gasteiger partial charge in [0, 0.05) is 29.9 Å². The van der Waals surface area contributed by atoms with Crippen LogP contribution in [0.2, 0.25) is 0 Å². The zero-order chi connectivity index (χ0) is 12.5. The Kier molecular flexibility index (Phi) is 3.43. The number of hydrogen-bond donors (Lipinski definition) is 1. The van der Waals surface area contributed by atoms with Gasteiger partial charge < -0.3 is 14.6 Å². The number of nitrogens with zero attached hydrogens (tertiary/aromatic N) is 1. The summed E-state index contributed by atoms with van der Waals surface area (Å²) in [6, 6.07) is 2.41. The van der Waals surface area contributed by atoms with Gasteiger partial charge in [0.25, 0.3) is 5.91 Å². The van der Waals surface area contributed by atoms with Crippen LogP contribution in [0, 0.1) is 0 Å². The molecule has 1 aromatic heterocycles. The van der Waals surface area contributed by atoms with Gasteiger partial charge in [0.05, 0.1) is 6.10 Å². The quantitative estimate of drug-likeness (QED) is 0.928. The number of carbonyl (C=O) groups is 1. The molecule has 5 heteroatoms. The molecule has 0 radical (unpaired) electrons. The first-order chi connectivity index (χ1) is 8.74. The van der Waals surface area contributed by atoms with Gasteiger partial charge in [-0.3, -0.25) is 4.79 Å². The van der Waals surface area contributed by atoms with E-state index in [1.807, 2.05) is 12.3 Å². The predicted molar refractivity (Wildman–Crippen MR) is 71.7 cm³/mol. The van der Waals surface area contributed by atoms with Crippen molar-refractivity contribution < 1.29 is 9.53 Å². The van der Waals surface area contributed by atoms with Gasteiger partial charge in [-0.1, -0.05) is 0 Å². The Morgan fingerprint density at radius 1 is 1.50 bits per heavy atom. The van der Waals surface area contributed by atoms with Gasteiger partial charge in [-0.25, -0.2) is 0 Å². The second-order valence-electron chi connectivity index (χ2n) is 5.03. The lowest BCUT2D eigenvalue weighted by molar-refractivity contribution is 0.0850. The summed E-state index contributed by atoms with van der Waals surface area (Å²) in [7, 11) is 0. The molecule has 1 saturated carbocycles. The number of aromatic nitrogens is 1. The van der Waals surface area contributed by atoms with Gasteiger partial charge in [0.2, 0.25) is 0 Å². The summed E-state index contributed by atoms with van der Waals surface area (Å²) in [5, 5.41) is 2.97. The molecule has 3 rings (SSSR count). The molecular weight excluding hydrogens is 296 g/mol. The van der Waals surface area contributed by atoms with Crippen molar-refractivity contribution >= 4 is 21.8 Å². The van der Waals surface area contributed by atoms with Crippen LogP contribution in [-0.2, 0) is 4.74 Å². The van der Waals surface area contributed by atoms with Crippen molar-refractivity contribution in [2.75, 3.05) is 13.2 Å². The lowest BCUT2D eigenvalue weighted by Gasteiger charge is -2.12. The molecule has 1 saturated heterocycles. The van der Waals surface area contributed by atoms with Crippen molar-refractivity contribution in [2.45, 2.75) is 37.8 Å². The highest BCUT2D eigenvalue weighted by molar-refractivity contribution is 9.10. The Hall–Kier alpha value is -0.810. The molecule has 2 fully saturated rings. The van der Waals surface area contributed by atoms with Gasteiger partial charge in [0.15, 0.2) is 0 Å². The number of amides is 1. The topological polar surface area (TPSA) is 43.3 Å². The summed E-state index contributed by atoms with van der Waals surface area (Å²) < 4.78 is 8.55. The van der Waals surface area contributed by atoms with E-state index in [0.29, 0.717) is 12.6 Å². The summed E-state index contributed by atoms with van der Waals surface area (Å²) in [6.45, 7) is 1.44. The van der Waals surface area contributed by atoms with Crippen molar-refractivity contribution in [1.29, 1.82) is 0 Å². The number of halogens is 1. The van der Waals surface area contributed by atoms with Crippen molar-refractivity contribution in [3.05, 3.63) is 22.4 Å². The molecule has 1 aliphatic heterocycles. The Morgan fingerprint density at radius 2 is 2.33 bits per heavy atom. The maximum Gasteiger partial charge on any atom is 0.268 e. The van der Waals surface area contributed by atoms with Crippen LogP contribution >= 0.6 is 15.9 Å². The summed E-state index contributed by atoms with van der Waals surface area (Å²) >= 11 is 3.44. The fourth-order valence-corrected chi connectivity index (χ4v) is 2.82. The van der Waals surface area contributed by atoms with E-state index in [1.165, 1.54) is 12.8 Å². The monoisotopic (exact) mass is 312 g/mol. The zero-order valence-electron chi connectivity index (χ0n) is 10.2. The minimum absolute atomic E-state index is 0.00287. The number of nitrogens with one attached hydrogen (secondary N) is 1. The van der Waals surface area contributed by atoms with Crippen LogP contribution < -0.4 is 5.32 Å². The van der Waals surface area contributed by atoms with Gasteiger partial charge in [-0.15, -0.1) is 0 Å². The van der Waals surface area contributed by atoms with Gasteiger partial charge in [-0.05, 0) is 47.7 Å². The first-order valence-electron chi connectivity index (χ1n) is 6.51. The summed E-state index contributed by atoms with van der Waals surface area (Å²) in [4.78, 5) is 12.2. The molecule has 1 N–H and O–H groups in total. The van der Waals surface area contributed by atoms with E-state index in [4.69, 9.17) is 4.74 Å². The molecule has 18 heavy (non-hydrogen) atoms. The highest BCUT2D eigenvalue weighted by Gasteiger charge is 2.28. The molecule has 1 atom stereocenters. The SMILES string of the molecule is O=C(NCC1CCCO1)c1cc(Br)cn1C1CC1. The van der Waals surface area contributed by atoms with Crippen molar-refractivity contribution in [3.63, 3.8) is 0 Å². The molecule has 0 bridgehead atoms. The number of rotatable bonds is 4. The summed E-state index contributed by atoms with van der Waals surface area (Å²) in [5.41, 5.74) is 0.752. The minimum Gasteiger partial charge on any atom is -0.376 e. The molecule has 4 nitrogen and oxygen atoms in total. The van der Waals surface area contributed by atoms with E-state index >= 15 is 0 Å². The van der Waals surface area contributed by atoms with E-state index in [2.05, 4.69) is 25.8 Å². The maximum atomic E-state index is 12.2. The van der Waals surface area contributed by atoms with Crippen molar-refractivity contribution in [1.82, 2.24) is 9.88 Å². The lowest BCUT2D eigenvalue weighted by atomic mass is 10.2. The Morgan fingerprint density at radius 3 is 3.00 bits per heavy atom. The second-order valence-corrected chi connectivity index (χ2v) is 5.94. The van der Waals surface area contributed by atoms with E-state index in [1.54, 1.807) is 0 Å². The van der Waals surface area contributed by atoms with Crippen LogP contribution in [0.5, 0.6) is 0 Å². The van der Waals surface area contributed by atoms with Crippen molar-refractivity contribution in [3.8, 4) is 0 Å². The van der Waals surface area contributed by atoms with Crippen LogP contribution in [-0.4, -0.2) is 29.7 Å². The van der Waals surface area contributed by atoms with E-state index in [-0.39, 0.29) is 12.0 Å². The Bertz CT molecular complexity index is 448. The van der Waals surface area contributed by atoms with Crippen LogP contribution in [0.25, 0.3) is 0 Å².